The molecule has 0 aliphatic heterocycles. The molecule has 0 heterocycles. The number of rotatable bonds is 5. The van der Waals surface area contributed by atoms with Crippen molar-refractivity contribution >= 4 is 17.6 Å². The number of likely N-dealkylation sites (N-methyl/N-ethyl adjacent to an activating group) is 1. The fraction of sp³-hybridized carbons (Fsp3) is 0.333. The minimum atomic E-state index is -0.838. The van der Waals surface area contributed by atoms with E-state index in [9.17, 15) is 9.59 Å². The Morgan fingerprint density at radius 2 is 1.89 bits per heavy atom. The Kier molecular flexibility index (Phi) is 5.13. The van der Waals surface area contributed by atoms with Gasteiger partial charge in [-0.2, -0.15) is 0 Å². The average molecular weight is 250 g/mol. The molecule has 0 saturated heterocycles. The van der Waals surface area contributed by atoms with Crippen molar-refractivity contribution in [3.05, 3.63) is 29.8 Å². The second kappa shape index (κ2) is 6.61. The molecule has 0 saturated carbocycles. The molecule has 1 aromatic rings. The number of anilines is 1. The van der Waals surface area contributed by atoms with Crippen LogP contribution < -0.4 is 21.7 Å². The van der Waals surface area contributed by atoms with E-state index < -0.39 is 11.9 Å². The monoisotopic (exact) mass is 250 g/mol. The van der Waals surface area contributed by atoms with Gasteiger partial charge in [0.05, 0.1) is 6.54 Å². The third-order valence-corrected chi connectivity index (χ3v) is 2.52. The van der Waals surface area contributed by atoms with Crippen molar-refractivity contribution in [1.82, 2.24) is 5.32 Å². The van der Waals surface area contributed by atoms with E-state index in [2.05, 4.69) is 0 Å². The lowest BCUT2D eigenvalue weighted by Gasteiger charge is -2.22. The van der Waals surface area contributed by atoms with E-state index in [1.54, 1.807) is 0 Å². The van der Waals surface area contributed by atoms with Crippen molar-refractivity contribution < 1.29 is 9.59 Å². The summed E-state index contributed by atoms with van der Waals surface area (Å²) in [4.78, 5) is 23.8. The molecule has 98 valence electrons. The Morgan fingerprint density at radius 1 is 1.28 bits per heavy atom. The van der Waals surface area contributed by atoms with Crippen LogP contribution in [0.25, 0.3) is 0 Å². The molecule has 18 heavy (non-hydrogen) atoms. The number of imide groups is 1. The summed E-state index contributed by atoms with van der Waals surface area (Å²) < 4.78 is 0. The van der Waals surface area contributed by atoms with E-state index in [1.807, 2.05) is 41.4 Å². The van der Waals surface area contributed by atoms with Gasteiger partial charge in [0.1, 0.15) is 0 Å². The van der Waals surface area contributed by atoms with Gasteiger partial charge in [-0.3, -0.25) is 10.1 Å². The first-order valence-electron chi connectivity index (χ1n) is 5.70. The number of benzene rings is 1. The van der Waals surface area contributed by atoms with Crippen molar-refractivity contribution in [1.29, 1.82) is 0 Å². The molecular weight excluding hydrogens is 232 g/mol. The highest BCUT2D eigenvalue weighted by molar-refractivity contribution is 5.95. The number of nitrogens with two attached hydrogens (primary N) is 2. The van der Waals surface area contributed by atoms with Crippen LogP contribution in [0.15, 0.2) is 24.3 Å². The normalized spacial score (nSPS) is 9.89. The number of carbonyl (C=O) groups excluding carboxylic acids is 2. The molecule has 0 aliphatic rings. The average Bonchev–Trinajstić information content (AvgIpc) is 2.35. The van der Waals surface area contributed by atoms with Crippen LogP contribution in [-0.2, 0) is 11.3 Å². The second-order valence-corrected chi connectivity index (χ2v) is 3.80. The quantitative estimate of drug-likeness (QED) is 0.693. The van der Waals surface area contributed by atoms with Crippen LogP contribution in [-0.4, -0.2) is 25.0 Å². The number of carbonyl (C=O) groups is 2. The van der Waals surface area contributed by atoms with Crippen LogP contribution >= 0.6 is 0 Å². The first-order valence-corrected chi connectivity index (χ1v) is 5.70. The molecule has 0 spiro atoms. The zero-order valence-electron chi connectivity index (χ0n) is 10.3. The third kappa shape index (κ3) is 4.06. The highest BCUT2D eigenvalue weighted by Gasteiger charge is 2.11. The molecule has 5 N–H and O–H groups in total. The minimum Gasteiger partial charge on any atom is -0.362 e. The van der Waals surface area contributed by atoms with Crippen LogP contribution in [0.5, 0.6) is 0 Å². The summed E-state index contributed by atoms with van der Waals surface area (Å²) in [5.74, 6) is -0.424. The smallest absolute Gasteiger partial charge is 0.318 e. The van der Waals surface area contributed by atoms with Crippen LogP contribution in [0, 0.1) is 0 Å². The van der Waals surface area contributed by atoms with Crippen LogP contribution in [0.1, 0.15) is 12.5 Å². The van der Waals surface area contributed by atoms with Gasteiger partial charge in [-0.1, -0.05) is 12.1 Å². The molecule has 1 aromatic carbocycles. The second-order valence-electron chi connectivity index (χ2n) is 3.80. The molecule has 6 nitrogen and oxygen atoms in total. The number of nitrogens with one attached hydrogen (secondary N) is 1. The molecular formula is C12H18N4O2. The Labute approximate surface area is 106 Å². The Bertz CT molecular complexity index is 417. The van der Waals surface area contributed by atoms with Gasteiger partial charge >= 0.3 is 6.03 Å². The minimum absolute atomic E-state index is 0.0847. The SMILES string of the molecule is CCN(CC(=O)NC(N)=O)c1ccc(CN)cc1. The summed E-state index contributed by atoms with van der Waals surface area (Å²) >= 11 is 0. The van der Waals surface area contributed by atoms with Gasteiger partial charge in [0.2, 0.25) is 5.91 Å². The van der Waals surface area contributed by atoms with E-state index in [4.69, 9.17) is 11.5 Å². The Balaban J connectivity index is 2.70. The highest BCUT2D eigenvalue weighted by atomic mass is 16.2. The summed E-state index contributed by atoms with van der Waals surface area (Å²) in [6.07, 6.45) is 0. The zero-order valence-corrected chi connectivity index (χ0v) is 10.3. The van der Waals surface area contributed by atoms with Gasteiger partial charge in [-0.15, -0.1) is 0 Å². The Morgan fingerprint density at radius 3 is 2.33 bits per heavy atom. The van der Waals surface area contributed by atoms with Crippen LogP contribution in [0.4, 0.5) is 10.5 Å². The maximum atomic E-state index is 11.4. The number of primary amides is 1. The fourth-order valence-corrected chi connectivity index (χ4v) is 1.58. The highest BCUT2D eigenvalue weighted by Crippen LogP contribution is 2.14. The first kappa shape index (κ1) is 14.0. The summed E-state index contributed by atoms with van der Waals surface area (Å²) in [5.41, 5.74) is 12.3. The van der Waals surface area contributed by atoms with E-state index in [0.29, 0.717) is 13.1 Å². The number of nitrogens with zero attached hydrogens (tertiary/aromatic N) is 1. The number of amides is 3. The van der Waals surface area contributed by atoms with Crippen molar-refractivity contribution in [2.75, 3.05) is 18.0 Å². The molecule has 0 fully saturated rings. The molecule has 0 bridgehead atoms. The lowest BCUT2D eigenvalue weighted by Crippen LogP contribution is -2.42. The topological polar surface area (TPSA) is 101 Å². The lowest BCUT2D eigenvalue weighted by molar-refractivity contribution is -0.118. The van der Waals surface area contributed by atoms with Gasteiger partial charge < -0.3 is 16.4 Å². The van der Waals surface area contributed by atoms with Gasteiger partial charge in [0.25, 0.3) is 0 Å². The lowest BCUT2D eigenvalue weighted by atomic mass is 10.2. The predicted octanol–water partition coefficient (Wildman–Crippen LogP) is 0.167. The molecule has 0 aliphatic carbocycles. The molecule has 0 atom stereocenters. The van der Waals surface area contributed by atoms with Gasteiger partial charge in [-0.25, -0.2) is 4.79 Å². The van der Waals surface area contributed by atoms with Gasteiger partial charge in [0.15, 0.2) is 0 Å². The van der Waals surface area contributed by atoms with Gasteiger partial charge in [-0.05, 0) is 24.6 Å². The Hall–Kier alpha value is -2.08. The molecule has 0 radical (unpaired) electrons. The van der Waals surface area contributed by atoms with Crippen molar-refractivity contribution in [2.24, 2.45) is 11.5 Å². The van der Waals surface area contributed by atoms with Crippen LogP contribution in [0.3, 0.4) is 0 Å². The summed E-state index contributed by atoms with van der Waals surface area (Å²) in [6, 6.07) is 6.76. The number of urea groups is 1. The van der Waals surface area contributed by atoms with E-state index in [-0.39, 0.29) is 6.54 Å². The van der Waals surface area contributed by atoms with E-state index >= 15 is 0 Å². The van der Waals surface area contributed by atoms with Crippen molar-refractivity contribution in [3.63, 3.8) is 0 Å². The summed E-state index contributed by atoms with van der Waals surface area (Å²) in [5, 5.41) is 2.04. The maximum Gasteiger partial charge on any atom is 0.318 e. The van der Waals surface area contributed by atoms with Crippen molar-refractivity contribution in [3.8, 4) is 0 Å². The zero-order chi connectivity index (χ0) is 13.5. The number of hydrogen-bond acceptors (Lipinski definition) is 4. The fourth-order valence-electron chi connectivity index (χ4n) is 1.58. The molecule has 1 rings (SSSR count). The third-order valence-electron chi connectivity index (χ3n) is 2.52. The predicted molar refractivity (Wildman–Crippen MR) is 69.9 cm³/mol. The first-order chi connectivity index (χ1) is 8.56. The summed E-state index contributed by atoms with van der Waals surface area (Å²) in [6.45, 7) is 3.14. The van der Waals surface area contributed by atoms with E-state index in [1.165, 1.54) is 0 Å². The summed E-state index contributed by atoms with van der Waals surface area (Å²) in [7, 11) is 0. The van der Waals surface area contributed by atoms with Crippen molar-refractivity contribution in [2.45, 2.75) is 13.5 Å². The molecule has 0 aromatic heterocycles. The maximum absolute atomic E-state index is 11.4. The molecule has 0 unspecified atom stereocenters. The largest absolute Gasteiger partial charge is 0.362 e. The van der Waals surface area contributed by atoms with E-state index in [0.717, 1.165) is 11.3 Å². The number of hydrogen-bond donors (Lipinski definition) is 3. The standard InChI is InChI=1S/C12H18N4O2/c1-2-16(8-11(17)15-12(14)18)10-5-3-9(7-13)4-6-10/h3-6H,2,7-8,13H2,1H3,(H3,14,15,17,18). The van der Waals surface area contributed by atoms with Gasteiger partial charge in [0, 0.05) is 18.8 Å². The van der Waals surface area contributed by atoms with Crippen LogP contribution in [0.2, 0.25) is 0 Å². The molecule has 6 heteroatoms. The molecule has 3 amide bonds.